The van der Waals surface area contributed by atoms with Crippen molar-refractivity contribution in [3.05, 3.63) is 62.6 Å². The number of pyridine rings is 2. The van der Waals surface area contributed by atoms with Crippen molar-refractivity contribution < 1.29 is 0 Å². The summed E-state index contributed by atoms with van der Waals surface area (Å²) in [4.78, 5) is 38.2. The summed E-state index contributed by atoms with van der Waals surface area (Å²) in [6.45, 7) is 3.19. The lowest BCUT2D eigenvalue weighted by Crippen LogP contribution is -2.44. The van der Waals surface area contributed by atoms with Crippen molar-refractivity contribution in [2.45, 2.75) is 38.9 Å². The van der Waals surface area contributed by atoms with Crippen molar-refractivity contribution in [1.82, 2.24) is 23.7 Å². The van der Waals surface area contributed by atoms with Gasteiger partial charge in [0, 0.05) is 32.4 Å². The molecular formula is C26H26N8O2. The summed E-state index contributed by atoms with van der Waals surface area (Å²) in [5.41, 5.74) is 8.08. The zero-order chi connectivity index (χ0) is 25.4. The van der Waals surface area contributed by atoms with E-state index >= 15 is 0 Å². The van der Waals surface area contributed by atoms with Crippen molar-refractivity contribution in [1.29, 1.82) is 5.26 Å². The van der Waals surface area contributed by atoms with Crippen LogP contribution >= 0.6 is 0 Å². The molecule has 36 heavy (non-hydrogen) atoms. The van der Waals surface area contributed by atoms with Crippen LogP contribution in [-0.2, 0) is 20.1 Å². The molecule has 5 rings (SSSR count). The van der Waals surface area contributed by atoms with Gasteiger partial charge in [-0.05, 0) is 44.0 Å². The molecule has 5 heterocycles. The number of nitrogens with zero attached hydrogens (tertiary/aromatic N) is 7. The first-order valence-electron chi connectivity index (χ1n) is 11.8. The van der Waals surface area contributed by atoms with E-state index in [1.54, 1.807) is 36.9 Å². The predicted molar refractivity (Wildman–Crippen MR) is 138 cm³/mol. The summed E-state index contributed by atoms with van der Waals surface area (Å²) < 4.78 is 4.30. The molecule has 0 aliphatic carbocycles. The fraction of sp³-hybridized carbons (Fsp3) is 0.346. The molecule has 0 unspecified atom stereocenters. The Morgan fingerprint density at radius 3 is 2.75 bits per heavy atom. The van der Waals surface area contributed by atoms with E-state index in [-0.39, 0.29) is 30.2 Å². The number of nitriles is 1. The summed E-state index contributed by atoms with van der Waals surface area (Å²) in [5, 5.41) is 10.2. The number of anilines is 1. The van der Waals surface area contributed by atoms with Crippen molar-refractivity contribution >= 4 is 27.9 Å². The number of hydrogen-bond acceptors (Lipinski definition) is 7. The molecule has 4 aromatic heterocycles. The quantitative estimate of drug-likeness (QED) is 0.435. The summed E-state index contributed by atoms with van der Waals surface area (Å²) in [7, 11) is 1.58. The summed E-state index contributed by atoms with van der Waals surface area (Å²) in [5.74, 6) is 6.49. The molecule has 1 atom stereocenters. The van der Waals surface area contributed by atoms with E-state index in [0.717, 1.165) is 22.9 Å². The Morgan fingerprint density at radius 1 is 1.17 bits per heavy atom. The first-order valence-corrected chi connectivity index (χ1v) is 11.8. The highest BCUT2D eigenvalue weighted by atomic mass is 16.2. The Kier molecular flexibility index (Phi) is 6.05. The average Bonchev–Trinajstić information content (AvgIpc) is 3.23. The first kappa shape index (κ1) is 23.3. The average molecular weight is 483 g/mol. The minimum atomic E-state index is -0.516. The number of rotatable bonds is 4. The lowest BCUT2D eigenvalue weighted by atomic mass is 10.1. The third-order valence-electron chi connectivity index (χ3n) is 6.63. The zero-order valence-electron chi connectivity index (χ0n) is 20.2. The van der Waals surface area contributed by atoms with Crippen LogP contribution in [0.3, 0.4) is 0 Å². The lowest BCUT2D eigenvalue weighted by Gasteiger charge is -2.33. The summed E-state index contributed by atoms with van der Waals surface area (Å²) in [6, 6.07) is 9.41. The maximum Gasteiger partial charge on any atom is 0.331 e. The third-order valence-corrected chi connectivity index (χ3v) is 6.63. The van der Waals surface area contributed by atoms with Crippen molar-refractivity contribution in [2.24, 2.45) is 12.8 Å². The van der Waals surface area contributed by atoms with E-state index in [9.17, 15) is 14.9 Å². The molecule has 10 heteroatoms. The molecule has 1 aliphatic heterocycles. The van der Waals surface area contributed by atoms with Gasteiger partial charge in [-0.1, -0.05) is 5.92 Å². The van der Waals surface area contributed by atoms with Gasteiger partial charge < -0.3 is 15.2 Å². The molecule has 2 N–H and O–H groups in total. The van der Waals surface area contributed by atoms with Gasteiger partial charge in [0.05, 0.1) is 35.3 Å². The van der Waals surface area contributed by atoms with Gasteiger partial charge in [-0.2, -0.15) is 5.26 Å². The summed E-state index contributed by atoms with van der Waals surface area (Å²) in [6.07, 6.45) is 3.45. The Hall–Kier alpha value is -4.41. The molecule has 0 amide bonds. The molecule has 0 aromatic carbocycles. The standard InChI is InChI=1S/C26H26N8O2/c1-3-4-13-33-23-22(19(14-27)24(33)32-12-6-7-17(28)15-32)31(2)26(36)34(25(23)35)16-18-9-10-20-21(30-18)8-5-11-29-20/h5,8-11,17H,6-7,12-13,15-16,28H2,1-2H3/t17-/m1/s1. The van der Waals surface area contributed by atoms with E-state index in [2.05, 4.69) is 27.9 Å². The molecule has 1 fully saturated rings. The second kappa shape index (κ2) is 9.33. The van der Waals surface area contributed by atoms with Gasteiger partial charge in [-0.25, -0.2) is 9.78 Å². The Balaban J connectivity index is 1.75. The van der Waals surface area contributed by atoms with Crippen LogP contribution in [-0.4, -0.2) is 42.8 Å². The number of nitrogens with two attached hydrogens (primary N) is 1. The lowest BCUT2D eigenvalue weighted by molar-refractivity contribution is 0.499. The first-order chi connectivity index (χ1) is 17.4. The Bertz CT molecular complexity index is 1710. The minimum absolute atomic E-state index is 0.0112. The fourth-order valence-electron chi connectivity index (χ4n) is 4.96. The van der Waals surface area contributed by atoms with Crippen LogP contribution < -0.4 is 21.9 Å². The minimum Gasteiger partial charge on any atom is -0.355 e. The third kappa shape index (κ3) is 3.82. The summed E-state index contributed by atoms with van der Waals surface area (Å²) >= 11 is 0. The van der Waals surface area contributed by atoms with Crippen LogP contribution in [0.25, 0.3) is 22.1 Å². The van der Waals surface area contributed by atoms with Crippen LogP contribution in [0.15, 0.2) is 40.1 Å². The predicted octanol–water partition coefficient (Wildman–Crippen LogP) is 1.32. The van der Waals surface area contributed by atoms with Crippen molar-refractivity contribution in [2.75, 3.05) is 18.0 Å². The molecule has 1 aliphatic rings. The van der Waals surface area contributed by atoms with Crippen LogP contribution in [0.1, 0.15) is 31.0 Å². The van der Waals surface area contributed by atoms with Gasteiger partial charge in [-0.3, -0.25) is 18.9 Å². The number of fused-ring (bicyclic) bond motifs is 2. The largest absolute Gasteiger partial charge is 0.355 e. The highest BCUT2D eigenvalue weighted by Crippen LogP contribution is 2.32. The fourth-order valence-corrected chi connectivity index (χ4v) is 4.96. The van der Waals surface area contributed by atoms with Crippen LogP contribution in [0.5, 0.6) is 0 Å². The highest BCUT2D eigenvalue weighted by molar-refractivity contribution is 5.90. The maximum atomic E-state index is 13.9. The Morgan fingerprint density at radius 2 is 2.00 bits per heavy atom. The number of piperidine rings is 1. The van der Waals surface area contributed by atoms with Crippen molar-refractivity contribution in [3.8, 4) is 17.9 Å². The normalized spacial score (nSPS) is 15.6. The van der Waals surface area contributed by atoms with E-state index in [1.165, 1.54) is 4.57 Å². The topological polar surface area (TPSA) is 128 Å². The highest BCUT2D eigenvalue weighted by Gasteiger charge is 2.29. The van der Waals surface area contributed by atoms with E-state index in [0.29, 0.717) is 35.6 Å². The van der Waals surface area contributed by atoms with Gasteiger partial charge in [0.25, 0.3) is 5.56 Å². The molecule has 0 bridgehead atoms. The van der Waals surface area contributed by atoms with Crippen LogP contribution in [0.4, 0.5) is 5.82 Å². The van der Waals surface area contributed by atoms with Gasteiger partial charge in [0.1, 0.15) is 23.0 Å². The van der Waals surface area contributed by atoms with Crippen molar-refractivity contribution in [3.63, 3.8) is 0 Å². The molecule has 4 aromatic rings. The number of aryl methyl sites for hydroxylation is 1. The molecule has 0 radical (unpaired) electrons. The van der Waals surface area contributed by atoms with E-state index in [1.807, 2.05) is 17.0 Å². The van der Waals surface area contributed by atoms with Gasteiger partial charge in [0.2, 0.25) is 0 Å². The molecule has 0 saturated carbocycles. The van der Waals surface area contributed by atoms with E-state index in [4.69, 9.17) is 5.73 Å². The Labute approximate surface area is 207 Å². The molecular weight excluding hydrogens is 456 g/mol. The smallest absolute Gasteiger partial charge is 0.331 e. The molecule has 0 spiro atoms. The van der Waals surface area contributed by atoms with Crippen LogP contribution in [0.2, 0.25) is 0 Å². The number of hydrogen-bond donors (Lipinski definition) is 1. The second-order valence-corrected chi connectivity index (χ2v) is 8.95. The van der Waals surface area contributed by atoms with Gasteiger partial charge in [-0.15, -0.1) is 5.92 Å². The van der Waals surface area contributed by atoms with Crippen LogP contribution in [0, 0.1) is 23.2 Å². The molecule has 182 valence electrons. The van der Waals surface area contributed by atoms with Gasteiger partial charge in [0.15, 0.2) is 0 Å². The second-order valence-electron chi connectivity index (χ2n) is 8.95. The molecule has 10 nitrogen and oxygen atoms in total. The van der Waals surface area contributed by atoms with E-state index < -0.39 is 11.2 Å². The zero-order valence-corrected chi connectivity index (χ0v) is 20.2. The SMILES string of the molecule is CC#CCn1c(N2CCC[C@@H](N)C2)c(C#N)c2c1c(=O)n(Cc1ccc3ncccc3n1)c(=O)n2C. The molecule has 1 saturated heterocycles. The van der Waals surface area contributed by atoms with Gasteiger partial charge >= 0.3 is 5.69 Å². The monoisotopic (exact) mass is 482 g/mol. The maximum absolute atomic E-state index is 13.9. The number of aromatic nitrogens is 5.